The van der Waals surface area contributed by atoms with Gasteiger partial charge in [-0.15, -0.1) is 12.6 Å². The van der Waals surface area contributed by atoms with E-state index in [4.69, 9.17) is 5.26 Å². The van der Waals surface area contributed by atoms with Gasteiger partial charge in [-0.2, -0.15) is 5.26 Å². The number of rotatable bonds is 1. The normalized spacial score (nSPS) is 10.3. The molecule has 3 rings (SSSR count). The maximum absolute atomic E-state index is 8.81. The van der Waals surface area contributed by atoms with Gasteiger partial charge in [0.1, 0.15) is 0 Å². The summed E-state index contributed by atoms with van der Waals surface area (Å²) in [6.07, 6.45) is 1.76. The molecular weight excluding hydrogens is 252 g/mol. The minimum atomic E-state index is 0.668. The zero-order chi connectivity index (χ0) is 13.2. The van der Waals surface area contributed by atoms with Gasteiger partial charge in [0.2, 0.25) is 0 Å². The van der Waals surface area contributed by atoms with Gasteiger partial charge < -0.3 is 0 Å². The molecule has 0 N–H and O–H groups in total. The zero-order valence-electron chi connectivity index (χ0n) is 10.0. The summed E-state index contributed by atoms with van der Waals surface area (Å²) < 4.78 is 0. The molecule has 0 aliphatic carbocycles. The fraction of sp³-hybridized carbons (Fsp3) is 0. The smallest absolute Gasteiger partial charge is 0.0991 e. The molecule has 0 fully saturated rings. The van der Waals surface area contributed by atoms with E-state index in [9.17, 15) is 0 Å². The van der Waals surface area contributed by atoms with E-state index in [1.165, 1.54) is 0 Å². The van der Waals surface area contributed by atoms with E-state index in [1.54, 1.807) is 6.20 Å². The summed E-state index contributed by atoms with van der Waals surface area (Å²) in [4.78, 5) is 5.23. The van der Waals surface area contributed by atoms with Crippen LogP contribution in [0, 0.1) is 11.3 Å². The van der Waals surface area contributed by atoms with Gasteiger partial charge in [0.05, 0.1) is 17.1 Å². The van der Waals surface area contributed by atoms with Gasteiger partial charge in [0.25, 0.3) is 0 Å². The van der Waals surface area contributed by atoms with Crippen LogP contribution in [-0.4, -0.2) is 4.98 Å². The lowest BCUT2D eigenvalue weighted by atomic mass is 10.0. The topological polar surface area (TPSA) is 36.7 Å². The maximum Gasteiger partial charge on any atom is 0.0991 e. The lowest BCUT2D eigenvalue weighted by Gasteiger charge is -2.05. The van der Waals surface area contributed by atoms with Crippen LogP contribution < -0.4 is 0 Å². The maximum atomic E-state index is 8.81. The molecule has 90 valence electrons. The molecule has 0 unspecified atom stereocenters. The summed E-state index contributed by atoms with van der Waals surface area (Å²) in [5.74, 6) is 0. The van der Waals surface area contributed by atoms with Gasteiger partial charge in [-0.1, -0.05) is 18.2 Å². The Morgan fingerprint density at radius 2 is 1.68 bits per heavy atom. The van der Waals surface area contributed by atoms with E-state index in [2.05, 4.69) is 29.7 Å². The van der Waals surface area contributed by atoms with Crippen LogP contribution in [0.1, 0.15) is 5.56 Å². The van der Waals surface area contributed by atoms with Crippen LogP contribution in [-0.2, 0) is 0 Å². The highest BCUT2D eigenvalue weighted by molar-refractivity contribution is 7.80. The standard InChI is InChI=1S/C16H10N2S/c17-10-11-1-3-12(4-2-11)13-5-6-15-14(9-13)16(19)7-8-18-15/h1-9H,(H,18,19). The van der Waals surface area contributed by atoms with E-state index in [0.717, 1.165) is 26.9 Å². The third-order valence-electron chi connectivity index (χ3n) is 3.07. The SMILES string of the molecule is N#Cc1ccc(-c2ccc3nccc(S)c3c2)cc1. The molecular formula is C16H10N2S. The van der Waals surface area contributed by atoms with Crippen LogP contribution in [0.15, 0.2) is 59.6 Å². The molecule has 3 heteroatoms. The first-order valence-corrected chi connectivity index (χ1v) is 6.31. The summed E-state index contributed by atoms with van der Waals surface area (Å²) in [6.45, 7) is 0. The van der Waals surface area contributed by atoms with Crippen LogP contribution in [0.3, 0.4) is 0 Å². The van der Waals surface area contributed by atoms with E-state index >= 15 is 0 Å². The first-order valence-electron chi connectivity index (χ1n) is 5.86. The number of nitriles is 1. The Morgan fingerprint density at radius 3 is 2.42 bits per heavy atom. The largest absolute Gasteiger partial charge is 0.256 e. The van der Waals surface area contributed by atoms with E-state index in [-0.39, 0.29) is 0 Å². The highest BCUT2D eigenvalue weighted by Gasteiger charge is 2.03. The number of hydrogen-bond acceptors (Lipinski definition) is 3. The molecule has 1 aromatic heterocycles. The summed E-state index contributed by atoms with van der Waals surface area (Å²) in [7, 11) is 0. The Hall–Kier alpha value is -2.31. The molecule has 0 saturated heterocycles. The van der Waals surface area contributed by atoms with Gasteiger partial charge in [-0.3, -0.25) is 4.98 Å². The summed E-state index contributed by atoms with van der Waals surface area (Å²) in [5, 5.41) is 9.84. The third-order valence-corrected chi connectivity index (χ3v) is 3.46. The first-order chi connectivity index (χ1) is 9.28. The van der Waals surface area contributed by atoms with Gasteiger partial charge in [-0.05, 0) is 41.5 Å². The average Bonchev–Trinajstić information content (AvgIpc) is 2.47. The lowest BCUT2D eigenvalue weighted by molar-refractivity contribution is 1.36. The number of aromatic nitrogens is 1. The summed E-state index contributed by atoms with van der Waals surface area (Å²) in [6, 6.07) is 17.7. The second kappa shape index (κ2) is 4.75. The second-order valence-corrected chi connectivity index (χ2v) is 4.73. The quantitative estimate of drug-likeness (QED) is 0.671. The number of thiol groups is 1. The van der Waals surface area contributed by atoms with Crippen molar-refractivity contribution in [3.63, 3.8) is 0 Å². The fourth-order valence-corrected chi connectivity index (χ4v) is 2.29. The monoisotopic (exact) mass is 262 g/mol. The van der Waals surface area contributed by atoms with Crippen molar-refractivity contribution in [2.24, 2.45) is 0 Å². The Bertz CT molecular complexity index is 786. The van der Waals surface area contributed by atoms with Crippen LogP contribution >= 0.6 is 12.6 Å². The van der Waals surface area contributed by atoms with Crippen LogP contribution in [0.4, 0.5) is 0 Å². The highest BCUT2D eigenvalue weighted by atomic mass is 32.1. The van der Waals surface area contributed by atoms with Crippen molar-refractivity contribution in [2.75, 3.05) is 0 Å². The number of fused-ring (bicyclic) bond motifs is 1. The Labute approximate surface area is 116 Å². The predicted octanol–water partition coefficient (Wildman–Crippen LogP) is 4.06. The van der Waals surface area contributed by atoms with E-state index in [1.807, 2.05) is 42.5 Å². The number of hydrogen-bond donors (Lipinski definition) is 1. The van der Waals surface area contributed by atoms with Gasteiger partial charge in [0.15, 0.2) is 0 Å². The average molecular weight is 262 g/mol. The van der Waals surface area contributed by atoms with Gasteiger partial charge in [-0.25, -0.2) is 0 Å². The second-order valence-electron chi connectivity index (χ2n) is 4.25. The Balaban J connectivity index is 2.14. The molecule has 1 heterocycles. The third kappa shape index (κ3) is 2.18. The molecule has 0 atom stereocenters. The van der Waals surface area contributed by atoms with Gasteiger partial charge in [0, 0.05) is 16.5 Å². The van der Waals surface area contributed by atoms with Crippen molar-refractivity contribution in [2.45, 2.75) is 4.90 Å². The molecule has 0 aliphatic heterocycles. The predicted molar refractivity (Wildman–Crippen MR) is 79.1 cm³/mol. The van der Waals surface area contributed by atoms with Crippen molar-refractivity contribution in [1.29, 1.82) is 5.26 Å². The number of pyridine rings is 1. The molecule has 2 nitrogen and oxygen atoms in total. The zero-order valence-corrected chi connectivity index (χ0v) is 10.9. The van der Waals surface area contributed by atoms with Crippen LogP contribution in [0.2, 0.25) is 0 Å². The number of nitrogens with zero attached hydrogens (tertiary/aromatic N) is 2. The van der Waals surface area contributed by atoms with Crippen molar-refractivity contribution in [3.05, 3.63) is 60.3 Å². The van der Waals surface area contributed by atoms with Crippen LogP contribution in [0.25, 0.3) is 22.0 Å². The summed E-state index contributed by atoms with van der Waals surface area (Å²) in [5.41, 5.74) is 3.78. The summed E-state index contributed by atoms with van der Waals surface area (Å²) >= 11 is 4.46. The number of benzene rings is 2. The molecule has 0 bridgehead atoms. The lowest BCUT2D eigenvalue weighted by Crippen LogP contribution is -1.83. The Morgan fingerprint density at radius 1 is 0.947 bits per heavy atom. The molecule has 0 radical (unpaired) electrons. The molecule has 0 saturated carbocycles. The van der Waals surface area contributed by atoms with Crippen molar-refractivity contribution < 1.29 is 0 Å². The van der Waals surface area contributed by atoms with E-state index in [0.29, 0.717) is 5.56 Å². The minimum Gasteiger partial charge on any atom is -0.256 e. The molecule has 2 aromatic carbocycles. The molecule has 3 aromatic rings. The van der Waals surface area contributed by atoms with Crippen molar-refractivity contribution in [3.8, 4) is 17.2 Å². The minimum absolute atomic E-state index is 0.668. The first kappa shape index (κ1) is 11.8. The Kier molecular flexibility index (Phi) is 2.94. The van der Waals surface area contributed by atoms with Gasteiger partial charge >= 0.3 is 0 Å². The van der Waals surface area contributed by atoms with Crippen LogP contribution in [0.5, 0.6) is 0 Å². The molecule has 0 aliphatic rings. The molecule has 0 amide bonds. The molecule has 0 spiro atoms. The van der Waals surface area contributed by atoms with Crippen molar-refractivity contribution >= 4 is 23.5 Å². The van der Waals surface area contributed by atoms with E-state index < -0.39 is 0 Å². The van der Waals surface area contributed by atoms with Crippen molar-refractivity contribution in [1.82, 2.24) is 4.98 Å². The fourth-order valence-electron chi connectivity index (χ4n) is 2.05. The molecule has 19 heavy (non-hydrogen) atoms. The highest BCUT2D eigenvalue weighted by Crippen LogP contribution is 2.27.